The molecule has 1 unspecified atom stereocenters. The van der Waals surface area contributed by atoms with E-state index in [0.29, 0.717) is 12.6 Å². The molecule has 5 heteroatoms. The largest absolute Gasteiger partial charge is 0.492 e. The lowest BCUT2D eigenvalue weighted by Crippen LogP contribution is -2.54. The number of benzene rings is 1. The quantitative estimate of drug-likeness (QED) is 0.821. The van der Waals surface area contributed by atoms with Gasteiger partial charge in [-0.15, -0.1) is 0 Å². The van der Waals surface area contributed by atoms with Gasteiger partial charge in [0.1, 0.15) is 12.4 Å². The monoisotopic (exact) mass is 345 g/mol. The van der Waals surface area contributed by atoms with Crippen molar-refractivity contribution in [2.24, 2.45) is 0 Å². The van der Waals surface area contributed by atoms with Crippen LogP contribution in [-0.2, 0) is 4.79 Å². The third kappa shape index (κ3) is 4.95. The zero-order valence-corrected chi connectivity index (χ0v) is 15.8. The van der Waals surface area contributed by atoms with Gasteiger partial charge in [-0.3, -0.25) is 14.6 Å². The van der Waals surface area contributed by atoms with E-state index in [1.165, 1.54) is 11.1 Å². The number of rotatable bonds is 7. The number of nitrogens with zero attached hydrogens (tertiary/aromatic N) is 2. The molecule has 0 aromatic heterocycles. The maximum Gasteiger partial charge on any atom is 0.237 e. The van der Waals surface area contributed by atoms with Gasteiger partial charge in [0.05, 0.1) is 6.04 Å². The summed E-state index contributed by atoms with van der Waals surface area (Å²) in [6.45, 7) is 11.7. The van der Waals surface area contributed by atoms with E-state index in [1.54, 1.807) is 0 Å². The van der Waals surface area contributed by atoms with Crippen molar-refractivity contribution in [2.75, 3.05) is 39.3 Å². The van der Waals surface area contributed by atoms with Crippen molar-refractivity contribution in [3.05, 3.63) is 29.3 Å². The highest BCUT2D eigenvalue weighted by Crippen LogP contribution is 2.22. The summed E-state index contributed by atoms with van der Waals surface area (Å²) in [6.07, 6.45) is 2.29. The molecule has 1 aliphatic carbocycles. The first-order valence-electron chi connectivity index (χ1n) is 9.50. The lowest BCUT2D eigenvalue weighted by Gasteiger charge is -2.37. The summed E-state index contributed by atoms with van der Waals surface area (Å²) in [7, 11) is 0. The average molecular weight is 345 g/mol. The van der Waals surface area contributed by atoms with Gasteiger partial charge in [0.25, 0.3) is 0 Å². The van der Waals surface area contributed by atoms with Crippen LogP contribution in [0, 0.1) is 13.8 Å². The predicted octanol–water partition coefficient (Wildman–Crippen LogP) is 1.97. The fourth-order valence-corrected chi connectivity index (χ4v) is 3.39. The van der Waals surface area contributed by atoms with Crippen LogP contribution in [0.4, 0.5) is 0 Å². The summed E-state index contributed by atoms with van der Waals surface area (Å²) in [5.41, 5.74) is 2.39. The number of ether oxygens (including phenoxy) is 1. The Labute approximate surface area is 151 Å². The number of amides is 1. The fourth-order valence-electron chi connectivity index (χ4n) is 3.39. The van der Waals surface area contributed by atoms with E-state index < -0.39 is 0 Å². The molecule has 1 N–H and O–H groups in total. The third-order valence-corrected chi connectivity index (χ3v) is 5.32. The average Bonchev–Trinajstić information content (AvgIpc) is 3.41. The Hall–Kier alpha value is -1.59. The second kappa shape index (κ2) is 8.19. The molecule has 2 aliphatic rings. The highest BCUT2D eigenvalue weighted by atomic mass is 16.5. The van der Waals surface area contributed by atoms with Gasteiger partial charge >= 0.3 is 0 Å². The van der Waals surface area contributed by atoms with Crippen LogP contribution in [0.25, 0.3) is 0 Å². The maximum atomic E-state index is 12.2. The van der Waals surface area contributed by atoms with Gasteiger partial charge in [-0.25, -0.2) is 0 Å². The van der Waals surface area contributed by atoms with E-state index in [9.17, 15) is 4.79 Å². The molecule has 1 saturated carbocycles. The second-order valence-corrected chi connectivity index (χ2v) is 7.41. The lowest BCUT2D eigenvalue weighted by atomic mass is 10.1. The number of piperazine rings is 1. The van der Waals surface area contributed by atoms with Crippen molar-refractivity contribution in [1.29, 1.82) is 0 Å². The number of para-hydroxylation sites is 1. The summed E-state index contributed by atoms with van der Waals surface area (Å²) in [6, 6.07) is 6.67. The third-order valence-electron chi connectivity index (χ3n) is 5.32. The molecule has 25 heavy (non-hydrogen) atoms. The number of nitrogens with one attached hydrogen (secondary N) is 1. The molecule has 1 atom stereocenters. The number of carbonyl (C=O) groups is 1. The first-order valence-corrected chi connectivity index (χ1v) is 9.50. The Balaban J connectivity index is 1.38. The molecule has 1 saturated heterocycles. The fraction of sp³-hybridized carbons (Fsp3) is 0.650. The molecule has 0 radical (unpaired) electrons. The van der Waals surface area contributed by atoms with Crippen LogP contribution < -0.4 is 10.1 Å². The zero-order chi connectivity index (χ0) is 17.8. The van der Waals surface area contributed by atoms with E-state index in [4.69, 9.17) is 4.74 Å². The van der Waals surface area contributed by atoms with Crippen LogP contribution in [-0.4, -0.2) is 67.1 Å². The van der Waals surface area contributed by atoms with Gasteiger partial charge in [0.15, 0.2) is 0 Å². The first kappa shape index (κ1) is 18.2. The van der Waals surface area contributed by atoms with E-state index in [-0.39, 0.29) is 11.9 Å². The molecule has 2 fully saturated rings. The van der Waals surface area contributed by atoms with Gasteiger partial charge in [-0.2, -0.15) is 0 Å². The van der Waals surface area contributed by atoms with Crippen LogP contribution in [0.1, 0.15) is 30.9 Å². The van der Waals surface area contributed by atoms with E-state index >= 15 is 0 Å². The highest BCUT2D eigenvalue weighted by Gasteiger charge is 2.29. The minimum absolute atomic E-state index is 0.0198. The van der Waals surface area contributed by atoms with Crippen molar-refractivity contribution >= 4 is 5.91 Å². The second-order valence-electron chi connectivity index (χ2n) is 7.41. The van der Waals surface area contributed by atoms with Crippen LogP contribution >= 0.6 is 0 Å². The Morgan fingerprint density at radius 3 is 2.44 bits per heavy atom. The van der Waals surface area contributed by atoms with Crippen molar-refractivity contribution < 1.29 is 9.53 Å². The van der Waals surface area contributed by atoms with Gasteiger partial charge in [0.2, 0.25) is 5.91 Å². The van der Waals surface area contributed by atoms with Gasteiger partial charge in [0, 0.05) is 38.8 Å². The molecule has 0 bridgehead atoms. The smallest absolute Gasteiger partial charge is 0.237 e. The molecule has 138 valence electrons. The minimum Gasteiger partial charge on any atom is -0.492 e. The minimum atomic E-state index is -0.0198. The molecule has 5 nitrogen and oxygen atoms in total. The summed E-state index contributed by atoms with van der Waals surface area (Å²) in [5, 5.41) is 3.11. The van der Waals surface area contributed by atoms with E-state index in [1.807, 2.05) is 6.92 Å². The molecule has 0 spiro atoms. The standard InChI is InChI=1S/C20H31N3O2/c1-15-5-4-6-16(2)19(15)25-14-13-22-9-11-23(12-10-22)17(3)20(24)21-18-7-8-18/h4-6,17-18H,7-14H2,1-3H3,(H,21,24). The summed E-state index contributed by atoms with van der Waals surface area (Å²) < 4.78 is 6.01. The van der Waals surface area contributed by atoms with Crippen molar-refractivity contribution in [3.63, 3.8) is 0 Å². The van der Waals surface area contributed by atoms with Gasteiger partial charge in [-0.1, -0.05) is 18.2 Å². The number of carbonyl (C=O) groups excluding carboxylic acids is 1. The Morgan fingerprint density at radius 1 is 1.20 bits per heavy atom. The first-order chi connectivity index (χ1) is 12.0. The molecule has 1 heterocycles. The van der Waals surface area contributed by atoms with Crippen LogP contribution in [0.3, 0.4) is 0 Å². The normalized spacial score (nSPS) is 20.3. The maximum absolute atomic E-state index is 12.2. The Bertz CT molecular complexity index is 572. The molecular weight excluding hydrogens is 314 g/mol. The number of hydrogen-bond acceptors (Lipinski definition) is 4. The van der Waals surface area contributed by atoms with Crippen molar-refractivity contribution in [2.45, 2.75) is 45.7 Å². The zero-order valence-electron chi connectivity index (χ0n) is 15.8. The summed E-state index contributed by atoms with van der Waals surface area (Å²) in [4.78, 5) is 16.9. The SMILES string of the molecule is Cc1cccc(C)c1OCCN1CCN(C(C)C(=O)NC2CC2)CC1. The lowest BCUT2D eigenvalue weighted by molar-refractivity contribution is -0.126. The topological polar surface area (TPSA) is 44.8 Å². The van der Waals surface area contributed by atoms with Crippen LogP contribution in [0.2, 0.25) is 0 Å². The molecule has 3 rings (SSSR count). The van der Waals surface area contributed by atoms with Gasteiger partial charge < -0.3 is 10.1 Å². The summed E-state index contributed by atoms with van der Waals surface area (Å²) >= 11 is 0. The predicted molar refractivity (Wildman–Crippen MR) is 100 cm³/mol. The molecule has 1 aromatic carbocycles. The number of hydrogen-bond donors (Lipinski definition) is 1. The Kier molecular flexibility index (Phi) is 5.97. The van der Waals surface area contributed by atoms with E-state index in [0.717, 1.165) is 51.3 Å². The van der Waals surface area contributed by atoms with E-state index in [2.05, 4.69) is 47.2 Å². The molecule has 1 amide bonds. The van der Waals surface area contributed by atoms with Crippen molar-refractivity contribution in [1.82, 2.24) is 15.1 Å². The highest BCUT2D eigenvalue weighted by molar-refractivity contribution is 5.81. The Morgan fingerprint density at radius 2 is 1.84 bits per heavy atom. The molecule has 1 aliphatic heterocycles. The van der Waals surface area contributed by atoms with Crippen LogP contribution in [0.15, 0.2) is 18.2 Å². The molecular formula is C20H31N3O2. The van der Waals surface area contributed by atoms with Crippen LogP contribution in [0.5, 0.6) is 5.75 Å². The number of aryl methyl sites for hydroxylation is 2. The van der Waals surface area contributed by atoms with Crippen molar-refractivity contribution in [3.8, 4) is 5.75 Å². The summed E-state index contributed by atoms with van der Waals surface area (Å²) in [5.74, 6) is 1.21. The molecule has 1 aromatic rings. The van der Waals surface area contributed by atoms with Gasteiger partial charge in [-0.05, 0) is 44.7 Å².